The molecule has 1 aliphatic rings. The molecule has 0 bridgehead atoms. The fourth-order valence-corrected chi connectivity index (χ4v) is 3.36. The molecular formula is C18H13F5IN3O2. The third kappa shape index (κ3) is 4.82. The number of alkyl halides is 5. The molecule has 0 spiro atoms. The van der Waals surface area contributed by atoms with Crippen molar-refractivity contribution in [2.45, 2.75) is 18.5 Å². The zero-order chi connectivity index (χ0) is 21.4. The summed E-state index contributed by atoms with van der Waals surface area (Å²) < 4.78 is 65.1. The average Bonchev–Trinajstić information content (AvgIpc) is 3.01. The summed E-state index contributed by atoms with van der Waals surface area (Å²) in [4.78, 5) is 29.2. The Morgan fingerprint density at radius 2 is 1.72 bits per heavy atom. The van der Waals surface area contributed by atoms with Crippen LogP contribution < -0.4 is 10.2 Å². The lowest BCUT2D eigenvalue weighted by atomic mass is 10.1. The van der Waals surface area contributed by atoms with Crippen molar-refractivity contribution in [3.05, 3.63) is 51.2 Å². The van der Waals surface area contributed by atoms with E-state index < -0.39 is 35.9 Å². The second-order valence-corrected chi connectivity index (χ2v) is 7.54. The van der Waals surface area contributed by atoms with E-state index in [2.05, 4.69) is 10.3 Å². The Kier molecular flexibility index (Phi) is 5.79. The molecule has 1 fully saturated rings. The summed E-state index contributed by atoms with van der Waals surface area (Å²) in [5.41, 5.74) is -0.364. The molecule has 0 unspecified atom stereocenters. The molecule has 1 N–H and O–H groups in total. The molecule has 5 nitrogen and oxygen atoms in total. The predicted molar refractivity (Wildman–Crippen MR) is 104 cm³/mol. The van der Waals surface area contributed by atoms with Gasteiger partial charge < -0.3 is 10.2 Å². The molecule has 0 saturated carbocycles. The normalized spacial score (nSPS) is 16.0. The maximum atomic E-state index is 13.6. The minimum absolute atomic E-state index is 0.000999. The van der Waals surface area contributed by atoms with Gasteiger partial charge in [0.05, 0.1) is 12.2 Å². The Labute approximate surface area is 175 Å². The lowest BCUT2D eigenvalue weighted by molar-refractivity contribution is -0.0885. The van der Waals surface area contributed by atoms with Crippen molar-refractivity contribution in [1.82, 2.24) is 4.98 Å². The number of pyridine rings is 1. The minimum Gasteiger partial charge on any atom is -0.349 e. The second kappa shape index (κ2) is 7.84. The van der Waals surface area contributed by atoms with Crippen LogP contribution in [0.2, 0.25) is 0 Å². The van der Waals surface area contributed by atoms with Crippen molar-refractivity contribution in [1.29, 1.82) is 0 Å². The number of aromatic nitrogens is 1. The molecule has 1 aromatic heterocycles. The van der Waals surface area contributed by atoms with Crippen LogP contribution in [0.4, 0.5) is 33.5 Å². The van der Waals surface area contributed by atoms with Crippen molar-refractivity contribution < 1.29 is 31.5 Å². The predicted octanol–water partition coefficient (Wildman–Crippen LogP) is 4.53. The van der Waals surface area contributed by atoms with Gasteiger partial charge in [0, 0.05) is 33.9 Å². The smallest absolute Gasteiger partial charge is 0.349 e. The molecule has 1 amide bonds. The zero-order valence-electron chi connectivity index (χ0n) is 14.6. The van der Waals surface area contributed by atoms with Gasteiger partial charge in [-0.1, -0.05) is 12.1 Å². The minimum atomic E-state index is -5.01. The third-order valence-corrected chi connectivity index (χ3v) is 5.15. The number of nitrogens with one attached hydrogen (secondary N) is 1. The first-order valence-electron chi connectivity index (χ1n) is 8.28. The Morgan fingerprint density at radius 1 is 1.10 bits per heavy atom. The Balaban J connectivity index is 1.82. The van der Waals surface area contributed by atoms with Gasteiger partial charge in [-0.2, -0.15) is 13.2 Å². The highest BCUT2D eigenvalue weighted by atomic mass is 127. The number of nitrogens with zero attached hydrogens (tertiary/aromatic N) is 2. The number of hydrogen-bond donors (Lipinski definition) is 1. The highest BCUT2D eigenvalue weighted by Crippen LogP contribution is 2.35. The SMILES string of the molecule is O=C(Nc1c(I)ccnc1N1CCC(F)(F)C1)c1ccc(C(=O)C(F)(F)F)cc1. The van der Waals surface area contributed by atoms with E-state index in [9.17, 15) is 31.5 Å². The van der Waals surface area contributed by atoms with Crippen LogP contribution >= 0.6 is 22.6 Å². The Bertz CT molecular complexity index is 948. The number of carbonyl (C=O) groups is 2. The van der Waals surface area contributed by atoms with E-state index in [1.54, 1.807) is 6.07 Å². The Hall–Kier alpha value is -2.31. The number of anilines is 2. The topological polar surface area (TPSA) is 62.3 Å². The molecule has 0 atom stereocenters. The largest absolute Gasteiger partial charge is 0.454 e. The van der Waals surface area contributed by atoms with E-state index in [0.717, 1.165) is 24.3 Å². The van der Waals surface area contributed by atoms with Crippen LogP contribution in [0, 0.1) is 3.57 Å². The fraction of sp³-hybridized carbons (Fsp3) is 0.278. The lowest BCUT2D eigenvalue weighted by Gasteiger charge is -2.21. The van der Waals surface area contributed by atoms with Crippen LogP contribution in [0.3, 0.4) is 0 Å². The van der Waals surface area contributed by atoms with Gasteiger partial charge in [-0.05, 0) is 40.8 Å². The van der Waals surface area contributed by atoms with Gasteiger partial charge in [0.1, 0.15) is 0 Å². The van der Waals surface area contributed by atoms with Crippen molar-refractivity contribution >= 4 is 45.8 Å². The van der Waals surface area contributed by atoms with E-state index in [4.69, 9.17) is 0 Å². The first-order chi connectivity index (χ1) is 13.5. The van der Waals surface area contributed by atoms with Crippen molar-refractivity contribution in [3.63, 3.8) is 0 Å². The highest BCUT2D eigenvalue weighted by Gasteiger charge is 2.40. The van der Waals surface area contributed by atoms with E-state index in [1.165, 1.54) is 11.1 Å². The summed E-state index contributed by atoms with van der Waals surface area (Å²) in [6, 6.07) is 5.56. The molecule has 1 aromatic carbocycles. The van der Waals surface area contributed by atoms with Gasteiger partial charge in [0.25, 0.3) is 17.6 Å². The standard InChI is InChI=1S/C18H13F5IN3O2/c19-17(20)6-8-27(9-17)15-13(12(24)5-7-25-15)26-16(29)11-3-1-10(2-4-11)14(28)18(21,22)23/h1-5,7H,6,8-9H2,(H,26,29). The number of Topliss-reactive ketones (excluding diaryl/α,β-unsaturated/α-hetero) is 1. The zero-order valence-corrected chi connectivity index (χ0v) is 16.7. The van der Waals surface area contributed by atoms with Crippen LogP contribution in [0.5, 0.6) is 0 Å². The molecule has 2 aromatic rings. The molecule has 3 rings (SSSR count). The van der Waals surface area contributed by atoms with Crippen LogP contribution in [0.1, 0.15) is 27.1 Å². The Morgan fingerprint density at radius 3 is 2.28 bits per heavy atom. The maximum Gasteiger partial charge on any atom is 0.454 e. The molecule has 1 saturated heterocycles. The van der Waals surface area contributed by atoms with Crippen LogP contribution in [-0.2, 0) is 0 Å². The van der Waals surface area contributed by atoms with Crippen molar-refractivity contribution in [2.75, 3.05) is 23.3 Å². The fourth-order valence-electron chi connectivity index (χ4n) is 2.82. The first kappa shape index (κ1) is 21.4. The maximum absolute atomic E-state index is 13.6. The van der Waals surface area contributed by atoms with E-state index >= 15 is 0 Å². The molecule has 2 heterocycles. The van der Waals surface area contributed by atoms with E-state index in [-0.39, 0.29) is 30.0 Å². The van der Waals surface area contributed by atoms with Crippen LogP contribution in [0.25, 0.3) is 0 Å². The number of ketones is 1. The molecular weight excluding hydrogens is 512 g/mol. The van der Waals surface area contributed by atoms with E-state index in [1.807, 2.05) is 22.6 Å². The third-order valence-electron chi connectivity index (χ3n) is 4.25. The summed E-state index contributed by atoms with van der Waals surface area (Å²) in [6.45, 7) is -0.464. The molecule has 0 radical (unpaired) electrons. The van der Waals surface area contributed by atoms with Crippen LogP contribution in [0.15, 0.2) is 36.5 Å². The van der Waals surface area contributed by atoms with Gasteiger partial charge in [-0.15, -0.1) is 0 Å². The van der Waals surface area contributed by atoms with Crippen LogP contribution in [-0.4, -0.2) is 41.9 Å². The summed E-state index contributed by atoms with van der Waals surface area (Å²) >= 11 is 1.92. The molecule has 0 aliphatic carbocycles. The van der Waals surface area contributed by atoms with Crippen molar-refractivity contribution in [3.8, 4) is 0 Å². The number of amides is 1. The van der Waals surface area contributed by atoms with Gasteiger partial charge in [-0.25, -0.2) is 13.8 Å². The average molecular weight is 525 g/mol. The number of hydrogen-bond acceptors (Lipinski definition) is 4. The molecule has 154 valence electrons. The van der Waals surface area contributed by atoms with Gasteiger partial charge in [-0.3, -0.25) is 9.59 Å². The first-order valence-corrected chi connectivity index (χ1v) is 9.36. The summed E-state index contributed by atoms with van der Waals surface area (Å²) in [6.07, 6.45) is -3.91. The van der Waals surface area contributed by atoms with E-state index in [0.29, 0.717) is 3.57 Å². The molecule has 11 heteroatoms. The highest BCUT2D eigenvalue weighted by molar-refractivity contribution is 14.1. The lowest BCUT2D eigenvalue weighted by Crippen LogP contribution is -2.27. The number of carbonyl (C=O) groups excluding carboxylic acids is 2. The number of rotatable bonds is 4. The van der Waals surface area contributed by atoms with Gasteiger partial charge in [0.2, 0.25) is 0 Å². The molecule has 1 aliphatic heterocycles. The summed E-state index contributed by atoms with van der Waals surface area (Å²) in [5.74, 6) is -5.35. The number of benzene rings is 1. The summed E-state index contributed by atoms with van der Waals surface area (Å²) in [5, 5.41) is 2.58. The van der Waals surface area contributed by atoms with Gasteiger partial charge >= 0.3 is 6.18 Å². The van der Waals surface area contributed by atoms with Gasteiger partial charge in [0.15, 0.2) is 5.82 Å². The van der Waals surface area contributed by atoms with Crippen molar-refractivity contribution in [2.24, 2.45) is 0 Å². The molecule has 29 heavy (non-hydrogen) atoms. The number of halogens is 6. The quantitative estimate of drug-likeness (QED) is 0.362. The second-order valence-electron chi connectivity index (χ2n) is 6.38. The summed E-state index contributed by atoms with van der Waals surface area (Å²) in [7, 11) is 0. The monoisotopic (exact) mass is 525 g/mol.